The molecule has 0 radical (unpaired) electrons. The van der Waals surface area contributed by atoms with Crippen LogP contribution in [0.4, 0.5) is 5.69 Å². The number of carboxylic acids is 1. The highest BCUT2D eigenvalue weighted by Gasteiger charge is 2.34. The van der Waals surface area contributed by atoms with Crippen LogP contribution in [0.25, 0.3) is 0 Å². The van der Waals surface area contributed by atoms with Gasteiger partial charge in [-0.1, -0.05) is 6.07 Å². The molecule has 10 heteroatoms. The van der Waals surface area contributed by atoms with Gasteiger partial charge in [-0.25, -0.2) is 8.42 Å². The van der Waals surface area contributed by atoms with Gasteiger partial charge in [0.25, 0.3) is 0 Å². The molecule has 0 aromatic heterocycles. The highest BCUT2D eigenvalue weighted by molar-refractivity contribution is 7.89. The molecule has 2 amide bonds. The number of amides is 2. The summed E-state index contributed by atoms with van der Waals surface area (Å²) in [6.07, 6.45) is 0.632. The first-order valence-corrected chi connectivity index (χ1v) is 9.90. The van der Waals surface area contributed by atoms with Gasteiger partial charge in [0.2, 0.25) is 21.8 Å². The highest BCUT2D eigenvalue weighted by Crippen LogP contribution is 2.32. The molecule has 9 nitrogen and oxygen atoms in total. The normalized spacial score (nSPS) is 14.7. The predicted octanol–water partition coefficient (Wildman–Crippen LogP) is 0.196. The molecule has 2 rings (SSSR count). The third kappa shape index (κ3) is 4.45. The van der Waals surface area contributed by atoms with Crippen molar-refractivity contribution in [1.29, 1.82) is 0 Å². The molecule has 0 saturated carbocycles. The Labute approximate surface area is 158 Å². The van der Waals surface area contributed by atoms with Crippen molar-refractivity contribution in [3.63, 3.8) is 0 Å². The molecule has 148 valence electrons. The number of carbonyl (C=O) groups excluding carboxylic acids is 2. The molecule has 1 aliphatic heterocycles. The lowest BCUT2D eigenvalue weighted by atomic mass is 10.2. The molecule has 0 fully saturated rings. The van der Waals surface area contributed by atoms with Crippen molar-refractivity contribution in [3.05, 3.63) is 23.8 Å². The molecule has 1 heterocycles. The van der Waals surface area contributed by atoms with Gasteiger partial charge in [-0.05, 0) is 31.0 Å². The Bertz CT molecular complexity index is 867. The van der Waals surface area contributed by atoms with Gasteiger partial charge in [0, 0.05) is 39.2 Å². The van der Waals surface area contributed by atoms with E-state index in [2.05, 4.69) is 5.32 Å². The minimum Gasteiger partial charge on any atom is -0.480 e. The second-order valence-corrected chi connectivity index (χ2v) is 8.21. The van der Waals surface area contributed by atoms with E-state index in [4.69, 9.17) is 0 Å². The lowest BCUT2D eigenvalue weighted by Crippen LogP contribution is -2.46. The number of nitrogens with one attached hydrogen (secondary N) is 1. The van der Waals surface area contributed by atoms with Crippen LogP contribution in [0.3, 0.4) is 0 Å². The van der Waals surface area contributed by atoms with Gasteiger partial charge < -0.3 is 15.3 Å². The molecule has 0 aliphatic carbocycles. The van der Waals surface area contributed by atoms with Gasteiger partial charge in [-0.2, -0.15) is 4.31 Å². The van der Waals surface area contributed by atoms with Gasteiger partial charge in [-0.15, -0.1) is 0 Å². The molecule has 1 aromatic carbocycles. The Hall–Kier alpha value is -2.46. The third-order valence-corrected chi connectivity index (χ3v) is 6.40. The number of hydrogen-bond acceptors (Lipinski definition) is 5. The first-order valence-electron chi connectivity index (χ1n) is 8.46. The summed E-state index contributed by atoms with van der Waals surface area (Å²) in [6.45, 7) is 4.23. The van der Waals surface area contributed by atoms with Crippen LogP contribution >= 0.6 is 0 Å². The van der Waals surface area contributed by atoms with E-state index in [1.165, 1.54) is 37.8 Å². The minimum absolute atomic E-state index is 0.0172. The topological polar surface area (TPSA) is 124 Å². The number of hydrogen-bond donors (Lipinski definition) is 2. The lowest BCUT2D eigenvalue weighted by Gasteiger charge is -2.26. The van der Waals surface area contributed by atoms with Gasteiger partial charge in [0.15, 0.2) is 0 Å². The van der Waals surface area contributed by atoms with Crippen LogP contribution in [0, 0.1) is 0 Å². The largest absolute Gasteiger partial charge is 0.480 e. The number of carboxylic acid groups (broad SMARTS) is 1. The SMILES string of the molecule is CC(=O)NCCN(C(C)C(=O)O)S(=O)(=O)c1ccc2c(c1)N(C(C)=O)CC2. The Morgan fingerprint density at radius 2 is 1.96 bits per heavy atom. The smallest absolute Gasteiger partial charge is 0.321 e. The van der Waals surface area contributed by atoms with Crippen LogP contribution in [0.1, 0.15) is 26.3 Å². The van der Waals surface area contributed by atoms with E-state index < -0.39 is 22.0 Å². The average molecular weight is 397 g/mol. The number of rotatable bonds is 7. The second kappa shape index (κ2) is 8.05. The van der Waals surface area contributed by atoms with E-state index in [-0.39, 0.29) is 29.8 Å². The maximum absolute atomic E-state index is 13.1. The number of sulfonamides is 1. The lowest BCUT2D eigenvalue weighted by molar-refractivity contribution is -0.140. The van der Waals surface area contributed by atoms with E-state index in [1.54, 1.807) is 6.07 Å². The number of nitrogens with zero attached hydrogens (tertiary/aromatic N) is 2. The van der Waals surface area contributed by atoms with Crippen molar-refractivity contribution < 1.29 is 27.9 Å². The van der Waals surface area contributed by atoms with Crippen molar-refractivity contribution in [2.45, 2.75) is 38.1 Å². The summed E-state index contributed by atoms with van der Waals surface area (Å²) in [7, 11) is -4.15. The molecular weight excluding hydrogens is 374 g/mol. The molecule has 1 aromatic rings. The summed E-state index contributed by atoms with van der Waals surface area (Å²) in [5, 5.41) is 11.8. The number of benzene rings is 1. The Morgan fingerprint density at radius 1 is 1.30 bits per heavy atom. The molecule has 1 atom stereocenters. The fourth-order valence-electron chi connectivity index (χ4n) is 2.97. The summed E-state index contributed by atoms with van der Waals surface area (Å²) >= 11 is 0. The zero-order valence-corrected chi connectivity index (χ0v) is 16.2. The zero-order chi connectivity index (χ0) is 20.4. The van der Waals surface area contributed by atoms with E-state index in [0.29, 0.717) is 18.7 Å². The number of fused-ring (bicyclic) bond motifs is 1. The zero-order valence-electron chi connectivity index (χ0n) is 15.4. The van der Waals surface area contributed by atoms with Crippen molar-refractivity contribution in [2.24, 2.45) is 0 Å². The van der Waals surface area contributed by atoms with E-state index in [0.717, 1.165) is 9.87 Å². The van der Waals surface area contributed by atoms with Crippen LogP contribution in [-0.4, -0.2) is 61.3 Å². The van der Waals surface area contributed by atoms with Crippen LogP contribution < -0.4 is 10.2 Å². The fourth-order valence-corrected chi connectivity index (χ4v) is 4.58. The third-order valence-electron chi connectivity index (χ3n) is 4.43. The Balaban J connectivity index is 2.40. The minimum atomic E-state index is -4.15. The maximum atomic E-state index is 13.1. The van der Waals surface area contributed by atoms with Crippen LogP contribution in [0.2, 0.25) is 0 Å². The van der Waals surface area contributed by atoms with Crippen molar-refractivity contribution in [2.75, 3.05) is 24.5 Å². The summed E-state index contributed by atoms with van der Waals surface area (Å²) in [5.74, 6) is -1.83. The molecule has 27 heavy (non-hydrogen) atoms. The number of carbonyl (C=O) groups is 3. The van der Waals surface area contributed by atoms with Gasteiger partial charge in [-0.3, -0.25) is 14.4 Å². The monoisotopic (exact) mass is 397 g/mol. The summed E-state index contributed by atoms with van der Waals surface area (Å²) < 4.78 is 27.0. The molecule has 0 bridgehead atoms. The molecule has 2 N–H and O–H groups in total. The predicted molar refractivity (Wildman–Crippen MR) is 97.8 cm³/mol. The molecule has 0 spiro atoms. The Kier molecular flexibility index (Phi) is 6.22. The average Bonchev–Trinajstić information content (AvgIpc) is 3.01. The summed E-state index contributed by atoms with van der Waals surface area (Å²) in [4.78, 5) is 35.6. The van der Waals surface area contributed by atoms with Crippen LogP contribution in [0.15, 0.2) is 23.1 Å². The molecule has 1 unspecified atom stereocenters. The van der Waals surface area contributed by atoms with Crippen LogP contribution in [-0.2, 0) is 30.8 Å². The number of anilines is 1. The molecule has 1 aliphatic rings. The summed E-state index contributed by atoms with van der Waals surface area (Å²) in [6, 6.07) is 3.14. The standard InChI is InChI=1S/C17H23N3O6S/c1-11(17(23)24)20(9-7-18-12(2)21)27(25,26)15-5-4-14-6-8-19(13(3)22)16(14)10-15/h4-5,10-11H,6-9H2,1-3H3,(H,18,21)(H,23,24). The molecular formula is C17H23N3O6S. The summed E-state index contributed by atoms with van der Waals surface area (Å²) in [5.41, 5.74) is 1.38. The first kappa shape index (κ1) is 20.8. The van der Waals surface area contributed by atoms with Gasteiger partial charge in [0.05, 0.1) is 4.90 Å². The van der Waals surface area contributed by atoms with E-state index in [9.17, 15) is 27.9 Å². The van der Waals surface area contributed by atoms with Crippen molar-refractivity contribution in [1.82, 2.24) is 9.62 Å². The molecule has 0 saturated heterocycles. The quantitative estimate of drug-likeness (QED) is 0.677. The van der Waals surface area contributed by atoms with Crippen molar-refractivity contribution >= 4 is 33.5 Å². The van der Waals surface area contributed by atoms with E-state index in [1.807, 2.05) is 0 Å². The van der Waals surface area contributed by atoms with Gasteiger partial charge in [0.1, 0.15) is 6.04 Å². The van der Waals surface area contributed by atoms with Crippen molar-refractivity contribution in [3.8, 4) is 0 Å². The van der Waals surface area contributed by atoms with E-state index >= 15 is 0 Å². The maximum Gasteiger partial charge on any atom is 0.321 e. The number of aliphatic carboxylic acids is 1. The Morgan fingerprint density at radius 3 is 2.52 bits per heavy atom. The van der Waals surface area contributed by atoms with Crippen LogP contribution in [0.5, 0.6) is 0 Å². The second-order valence-electron chi connectivity index (χ2n) is 6.32. The fraction of sp³-hybridized carbons (Fsp3) is 0.471. The van der Waals surface area contributed by atoms with Gasteiger partial charge >= 0.3 is 5.97 Å². The first-order chi connectivity index (χ1) is 12.6. The highest BCUT2D eigenvalue weighted by atomic mass is 32.2.